The van der Waals surface area contributed by atoms with Crippen LogP contribution >= 0.6 is 15.9 Å². The van der Waals surface area contributed by atoms with E-state index in [1.165, 1.54) is 56.5 Å². The maximum absolute atomic E-state index is 13.9. The largest absolute Gasteiger partial charge is 0.493 e. The number of rotatable bonds is 11. The molecule has 1 unspecified atom stereocenters. The van der Waals surface area contributed by atoms with Crippen LogP contribution in [-0.2, 0) is 26.2 Å². The third kappa shape index (κ3) is 7.07. The number of amides is 2. The Morgan fingerprint density at radius 2 is 1.67 bits per heavy atom. The number of carbonyl (C=O) groups excluding carboxylic acids is 2. The van der Waals surface area contributed by atoms with Crippen LogP contribution in [0, 0.1) is 5.82 Å². The van der Waals surface area contributed by atoms with Gasteiger partial charge >= 0.3 is 0 Å². The van der Waals surface area contributed by atoms with Crippen molar-refractivity contribution in [2.75, 3.05) is 32.1 Å². The fourth-order valence-corrected chi connectivity index (χ4v) is 5.74. The van der Waals surface area contributed by atoms with Crippen molar-refractivity contribution < 1.29 is 31.9 Å². The summed E-state index contributed by atoms with van der Waals surface area (Å²) in [6.45, 7) is 0.942. The van der Waals surface area contributed by atoms with Crippen LogP contribution in [0.4, 0.5) is 10.1 Å². The van der Waals surface area contributed by atoms with E-state index in [4.69, 9.17) is 9.47 Å². The van der Waals surface area contributed by atoms with Gasteiger partial charge in [0.05, 0.1) is 24.8 Å². The Balaban J connectivity index is 2.07. The topological polar surface area (TPSA) is 105 Å². The molecule has 1 N–H and O–H groups in total. The summed E-state index contributed by atoms with van der Waals surface area (Å²) in [7, 11) is -0.123. The van der Waals surface area contributed by atoms with Gasteiger partial charge in [0.2, 0.25) is 11.8 Å². The van der Waals surface area contributed by atoms with E-state index in [2.05, 4.69) is 21.2 Å². The summed E-state index contributed by atoms with van der Waals surface area (Å²) in [6, 6.07) is 15.1. The van der Waals surface area contributed by atoms with Crippen molar-refractivity contribution in [3.63, 3.8) is 0 Å². The van der Waals surface area contributed by atoms with E-state index < -0.39 is 40.2 Å². The fraction of sp³-hybridized carbons (Fsp3) is 0.259. The Morgan fingerprint density at radius 3 is 2.26 bits per heavy atom. The monoisotopic (exact) mass is 621 g/mol. The summed E-state index contributed by atoms with van der Waals surface area (Å²) < 4.78 is 53.6. The highest BCUT2D eigenvalue weighted by Crippen LogP contribution is 2.32. The highest BCUT2D eigenvalue weighted by Gasteiger charge is 2.33. The summed E-state index contributed by atoms with van der Waals surface area (Å²) >= 11 is 3.40. The lowest BCUT2D eigenvalue weighted by Gasteiger charge is -2.31. The van der Waals surface area contributed by atoms with Gasteiger partial charge in [-0.2, -0.15) is 0 Å². The summed E-state index contributed by atoms with van der Waals surface area (Å²) in [5.74, 6) is -1.14. The van der Waals surface area contributed by atoms with E-state index in [1.54, 1.807) is 25.1 Å². The molecule has 0 heterocycles. The lowest BCUT2D eigenvalue weighted by atomic mass is 10.1. The molecule has 0 aromatic heterocycles. The molecule has 3 aromatic rings. The molecular weight excluding hydrogens is 593 g/mol. The number of nitrogens with zero attached hydrogens (tertiary/aromatic N) is 2. The summed E-state index contributed by atoms with van der Waals surface area (Å²) in [6.07, 6.45) is 0. The lowest BCUT2D eigenvalue weighted by molar-refractivity contribution is -0.139. The van der Waals surface area contributed by atoms with E-state index in [9.17, 15) is 22.4 Å². The van der Waals surface area contributed by atoms with Gasteiger partial charge in [0.15, 0.2) is 11.5 Å². The molecule has 0 saturated carbocycles. The zero-order valence-electron chi connectivity index (χ0n) is 21.9. The molecule has 0 aliphatic rings. The minimum atomic E-state index is -4.36. The van der Waals surface area contributed by atoms with E-state index >= 15 is 0 Å². The van der Waals surface area contributed by atoms with Crippen LogP contribution in [0.1, 0.15) is 12.5 Å². The van der Waals surface area contributed by atoms with Gasteiger partial charge < -0.3 is 19.7 Å². The lowest BCUT2D eigenvalue weighted by Crippen LogP contribution is -2.50. The summed E-state index contributed by atoms with van der Waals surface area (Å²) in [5.41, 5.74) is 0.791. The van der Waals surface area contributed by atoms with E-state index in [0.29, 0.717) is 5.75 Å². The number of hydrogen-bond acceptors (Lipinski definition) is 6. The van der Waals surface area contributed by atoms with Crippen LogP contribution in [0.5, 0.6) is 11.5 Å². The molecule has 0 saturated heterocycles. The smallest absolute Gasteiger partial charge is 0.264 e. The van der Waals surface area contributed by atoms with Crippen LogP contribution in [0.15, 0.2) is 76.1 Å². The molecule has 3 rings (SSSR count). The van der Waals surface area contributed by atoms with Gasteiger partial charge in [-0.05, 0) is 61.0 Å². The second kappa shape index (κ2) is 12.9. The number of halogens is 2. The maximum Gasteiger partial charge on any atom is 0.264 e. The maximum atomic E-state index is 13.9. The molecule has 3 aromatic carbocycles. The average Bonchev–Trinajstić information content (AvgIpc) is 2.93. The molecule has 0 spiro atoms. The zero-order chi connectivity index (χ0) is 28.7. The first-order valence-electron chi connectivity index (χ1n) is 11.8. The number of methoxy groups -OCH3 is 2. The van der Waals surface area contributed by atoms with E-state index in [1.807, 2.05) is 6.07 Å². The second-order valence-electron chi connectivity index (χ2n) is 8.45. The zero-order valence-corrected chi connectivity index (χ0v) is 24.3. The minimum absolute atomic E-state index is 0.0422. The molecule has 39 heavy (non-hydrogen) atoms. The number of sulfonamides is 1. The third-order valence-electron chi connectivity index (χ3n) is 5.99. The Hall–Kier alpha value is -3.64. The van der Waals surface area contributed by atoms with Crippen LogP contribution in [0.3, 0.4) is 0 Å². The standard InChI is InChI=1S/C27H29BrFN3O6S/c1-18(27(34)30-2)31(16-19-6-5-7-20(28)14-19)26(33)17-32(22-10-8-21(29)9-11-22)39(35,36)23-12-13-24(37-3)25(15-23)38-4/h5-15,18H,16-17H2,1-4H3,(H,30,34). The molecular formula is C27H29BrFN3O6S. The number of hydrogen-bond donors (Lipinski definition) is 1. The number of benzene rings is 3. The van der Waals surface area contributed by atoms with Gasteiger partial charge in [-0.15, -0.1) is 0 Å². The highest BCUT2D eigenvalue weighted by molar-refractivity contribution is 9.10. The minimum Gasteiger partial charge on any atom is -0.493 e. The molecule has 0 fully saturated rings. The van der Waals surface area contributed by atoms with Gasteiger partial charge in [0.25, 0.3) is 10.0 Å². The average molecular weight is 623 g/mol. The molecule has 0 aliphatic heterocycles. The molecule has 0 bridgehead atoms. The van der Waals surface area contributed by atoms with Crippen molar-refractivity contribution in [2.45, 2.75) is 24.4 Å². The number of likely N-dealkylation sites (N-methyl/N-ethyl adjacent to an activating group) is 1. The van der Waals surface area contributed by atoms with Crippen molar-refractivity contribution in [3.8, 4) is 11.5 Å². The van der Waals surface area contributed by atoms with E-state index in [-0.39, 0.29) is 22.9 Å². The summed E-state index contributed by atoms with van der Waals surface area (Å²) in [5, 5.41) is 2.53. The molecule has 12 heteroatoms. The van der Waals surface area contributed by atoms with Gasteiger partial charge in [-0.25, -0.2) is 12.8 Å². The molecule has 208 valence electrons. The number of anilines is 1. The first-order valence-corrected chi connectivity index (χ1v) is 14.0. The van der Waals surface area contributed by atoms with Crippen LogP contribution in [0.2, 0.25) is 0 Å². The number of carbonyl (C=O) groups is 2. The highest BCUT2D eigenvalue weighted by atomic mass is 79.9. The van der Waals surface area contributed by atoms with Gasteiger partial charge in [-0.3, -0.25) is 13.9 Å². The fourth-order valence-electron chi connectivity index (χ4n) is 3.86. The molecule has 2 amide bonds. The quantitative estimate of drug-likeness (QED) is 0.347. The SMILES string of the molecule is CNC(=O)C(C)N(Cc1cccc(Br)c1)C(=O)CN(c1ccc(F)cc1)S(=O)(=O)c1ccc(OC)c(OC)c1. The van der Waals surface area contributed by atoms with Gasteiger partial charge in [-0.1, -0.05) is 28.1 Å². The molecule has 1 atom stereocenters. The van der Waals surface area contributed by atoms with Crippen molar-refractivity contribution in [2.24, 2.45) is 0 Å². The Morgan fingerprint density at radius 1 is 1.00 bits per heavy atom. The molecule has 0 aliphatic carbocycles. The Labute approximate surface area is 235 Å². The van der Waals surface area contributed by atoms with Crippen molar-refractivity contribution in [1.29, 1.82) is 0 Å². The summed E-state index contributed by atoms with van der Waals surface area (Å²) in [4.78, 5) is 27.4. The Kier molecular flexibility index (Phi) is 9.92. The van der Waals surface area contributed by atoms with Crippen molar-refractivity contribution in [3.05, 3.63) is 82.6 Å². The van der Waals surface area contributed by atoms with Crippen LogP contribution in [-0.4, -0.2) is 59.0 Å². The first-order chi connectivity index (χ1) is 18.5. The number of nitrogens with one attached hydrogen (secondary N) is 1. The molecule has 0 radical (unpaired) electrons. The Bertz CT molecular complexity index is 1440. The van der Waals surface area contributed by atoms with Gasteiger partial charge in [0, 0.05) is 24.1 Å². The van der Waals surface area contributed by atoms with Crippen molar-refractivity contribution in [1.82, 2.24) is 10.2 Å². The predicted molar refractivity (Wildman–Crippen MR) is 149 cm³/mol. The normalized spacial score (nSPS) is 11.8. The van der Waals surface area contributed by atoms with Crippen LogP contribution in [0.25, 0.3) is 0 Å². The van der Waals surface area contributed by atoms with Crippen molar-refractivity contribution >= 4 is 43.5 Å². The van der Waals surface area contributed by atoms with E-state index in [0.717, 1.165) is 26.5 Å². The van der Waals surface area contributed by atoms with Gasteiger partial charge in [0.1, 0.15) is 18.4 Å². The first kappa shape index (κ1) is 29.9. The second-order valence-corrected chi connectivity index (χ2v) is 11.2. The number of ether oxygens (including phenoxy) is 2. The molecule has 9 nitrogen and oxygen atoms in total. The third-order valence-corrected chi connectivity index (χ3v) is 8.26. The predicted octanol–water partition coefficient (Wildman–Crippen LogP) is 3.96. The van der Waals surface area contributed by atoms with Crippen LogP contribution < -0.4 is 19.1 Å².